The second-order valence-electron chi connectivity index (χ2n) is 17.4. The largest absolute Gasteiger partial charge is 0.310 e. The first kappa shape index (κ1) is 33.2. The summed E-state index contributed by atoms with van der Waals surface area (Å²) in [5.41, 5.74) is 15.4. The van der Waals surface area contributed by atoms with Gasteiger partial charge in [0, 0.05) is 38.9 Å². The molecule has 0 radical (unpaired) electrons. The summed E-state index contributed by atoms with van der Waals surface area (Å²) in [6, 6.07) is 54.2. The molecule has 1 heterocycles. The molecule has 56 heavy (non-hydrogen) atoms. The summed E-state index contributed by atoms with van der Waals surface area (Å²) in [7, 11) is 0. The van der Waals surface area contributed by atoms with Gasteiger partial charge < -0.3 is 9.47 Å². The summed E-state index contributed by atoms with van der Waals surface area (Å²) in [6.45, 7) is 9.37. The van der Waals surface area contributed by atoms with E-state index < -0.39 is 0 Å². The van der Waals surface area contributed by atoms with Crippen molar-refractivity contribution in [3.05, 3.63) is 204 Å². The lowest BCUT2D eigenvalue weighted by Gasteiger charge is -2.41. The molecular weight excluding hydrogens is 677 g/mol. The number of nitrogens with zero attached hydrogens (tertiary/aromatic N) is 2. The van der Waals surface area contributed by atoms with Crippen LogP contribution < -0.4 is 4.90 Å². The van der Waals surface area contributed by atoms with Crippen molar-refractivity contribution in [1.82, 2.24) is 4.57 Å². The van der Waals surface area contributed by atoms with E-state index in [1.165, 1.54) is 60.9 Å². The molecule has 1 spiro atoms. The van der Waals surface area contributed by atoms with Gasteiger partial charge in [0.15, 0.2) is 0 Å². The van der Waals surface area contributed by atoms with Gasteiger partial charge in [-0.1, -0.05) is 148 Å². The standard InChI is InChI=1S/C54H46N2/c1-35-22-29-42-43-30-23-36(53(2,3)4)33-49(43)54(48(42)32-35)47-19-11-8-16-41(47)44-31-28-40(34-50(44)54)55(37-14-6-5-7-15-37)38-24-26-39(27-25-38)56-51-20-12-9-17-45(51)46-18-10-13-21-52(46)56/h5-34,42-43,48-49H,1-4H3. The van der Waals surface area contributed by atoms with E-state index in [4.69, 9.17) is 0 Å². The van der Waals surface area contributed by atoms with Gasteiger partial charge in [-0.3, -0.25) is 0 Å². The zero-order chi connectivity index (χ0) is 37.8. The molecule has 7 aromatic rings. The van der Waals surface area contributed by atoms with Crippen molar-refractivity contribution in [1.29, 1.82) is 0 Å². The summed E-state index contributed by atoms with van der Waals surface area (Å²) in [4.78, 5) is 2.45. The molecule has 2 heteroatoms. The van der Waals surface area contributed by atoms with Crippen LogP contribution in [0.1, 0.15) is 38.8 Å². The molecule has 0 amide bonds. The molecule has 4 aliphatic rings. The average Bonchev–Trinajstić information content (AvgIpc) is 3.82. The fraction of sp³-hybridized carbons (Fsp3) is 0.185. The Kier molecular flexibility index (Phi) is 7.23. The topological polar surface area (TPSA) is 8.17 Å². The van der Waals surface area contributed by atoms with Crippen LogP contribution in [-0.4, -0.2) is 4.57 Å². The Morgan fingerprint density at radius 2 is 1.11 bits per heavy atom. The predicted molar refractivity (Wildman–Crippen MR) is 235 cm³/mol. The Morgan fingerprint density at radius 3 is 1.82 bits per heavy atom. The van der Waals surface area contributed by atoms with Crippen LogP contribution in [0.4, 0.5) is 17.1 Å². The van der Waals surface area contributed by atoms with Gasteiger partial charge in [0.2, 0.25) is 0 Å². The number of para-hydroxylation sites is 3. The van der Waals surface area contributed by atoms with Gasteiger partial charge in [-0.2, -0.15) is 0 Å². The number of allylic oxidation sites excluding steroid dienone is 8. The van der Waals surface area contributed by atoms with Gasteiger partial charge in [0.1, 0.15) is 0 Å². The molecule has 6 aromatic carbocycles. The molecule has 2 nitrogen and oxygen atoms in total. The number of fused-ring (bicyclic) bond motifs is 13. The number of hydrogen-bond acceptors (Lipinski definition) is 1. The molecule has 1 aromatic heterocycles. The first-order valence-corrected chi connectivity index (χ1v) is 20.3. The van der Waals surface area contributed by atoms with Crippen LogP contribution in [0.3, 0.4) is 0 Å². The maximum atomic E-state index is 2.68. The first-order chi connectivity index (χ1) is 27.3. The first-order valence-electron chi connectivity index (χ1n) is 20.3. The Balaban J connectivity index is 1.11. The van der Waals surface area contributed by atoms with E-state index in [0.29, 0.717) is 23.7 Å². The third-order valence-electron chi connectivity index (χ3n) is 13.4. The molecule has 5 atom stereocenters. The lowest BCUT2D eigenvalue weighted by atomic mass is 9.62. The highest BCUT2D eigenvalue weighted by Gasteiger charge is 2.63. The molecule has 0 N–H and O–H groups in total. The van der Waals surface area contributed by atoms with Crippen molar-refractivity contribution < 1.29 is 0 Å². The summed E-state index contributed by atoms with van der Waals surface area (Å²) in [6.07, 6.45) is 15.2. The fourth-order valence-electron chi connectivity index (χ4n) is 11.0. The highest BCUT2D eigenvalue weighted by Crippen LogP contribution is 2.68. The van der Waals surface area contributed by atoms with Crippen molar-refractivity contribution in [2.75, 3.05) is 4.90 Å². The van der Waals surface area contributed by atoms with E-state index >= 15 is 0 Å². The maximum Gasteiger partial charge on any atom is 0.0541 e. The molecular formula is C54H46N2. The summed E-state index contributed by atoms with van der Waals surface area (Å²) < 4.78 is 2.40. The van der Waals surface area contributed by atoms with Gasteiger partial charge in [-0.05, 0) is 125 Å². The lowest BCUT2D eigenvalue weighted by Crippen LogP contribution is -2.38. The summed E-state index contributed by atoms with van der Waals surface area (Å²) in [5.74, 6) is 1.53. The molecule has 0 saturated heterocycles. The zero-order valence-corrected chi connectivity index (χ0v) is 32.5. The van der Waals surface area contributed by atoms with Gasteiger partial charge in [0.25, 0.3) is 0 Å². The second-order valence-corrected chi connectivity index (χ2v) is 17.4. The van der Waals surface area contributed by atoms with Crippen LogP contribution in [0.25, 0.3) is 38.6 Å². The summed E-state index contributed by atoms with van der Waals surface area (Å²) in [5, 5.41) is 2.55. The van der Waals surface area contributed by atoms with Crippen LogP contribution in [0.2, 0.25) is 0 Å². The second kappa shape index (κ2) is 12.2. The van der Waals surface area contributed by atoms with Crippen molar-refractivity contribution >= 4 is 38.9 Å². The maximum absolute atomic E-state index is 2.68. The Labute approximate surface area is 330 Å². The average molecular weight is 723 g/mol. The number of benzene rings is 6. The number of aromatic nitrogens is 1. The van der Waals surface area contributed by atoms with E-state index in [9.17, 15) is 0 Å². The van der Waals surface area contributed by atoms with Crippen LogP contribution in [0, 0.1) is 29.1 Å². The Morgan fingerprint density at radius 1 is 0.536 bits per heavy atom. The monoisotopic (exact) mass is 722 g/mol. The van der Waals surface area contributed by atoms with Crippen molar-refractivity contribution in [2.45, 2.75) is 33.1 Å². The van der Waals surface area contributed by atoms with E-state index in [-0.39, 0.29) is 10.8 Å². The molecule has 0 bridgehead atoms. The van der Waals surface area contributed by atoms with Crippen molar-refractivity contribution in [3.8, 4) is 16.8 Å². The Bertz CT molecular complexity index is 2770. The summed E-state index contributed by atoms with van der Waals surface area (Å²) >= 11 is 0. The number of rotatable bonds is 4. The third kappa shape index (κ3) is 4.68. The zero-order valence-electron chi connectivity index (χ0n) is 32.5. The molecule has 4 aliphatic carbocycles. The third-order valence-corrected chi connectivity index (χ3v) is 13.4. The molecule has 1 fully saturated rings. The van der Waals surface area contributed by atoms with E-state index in [2.05, 4.69) is 219 Å². The molecule has 11 rings (SSSR count). The molecule has 1 saturated carbocycles. The van der Waals surface area contributed by atoms with Gasteiger partial charge in [-0.25, -0.2) is 0 Å². The smallest absolute Gasteiger partial charge is 0.0541 e. The van der Waals surface area contributed by atoms with Crippen LogP contribution in [-0.2, 0) is 5.41 Å². The van der Waals surface area contributed by atoms with E-state index in [1.54, 1.807) is 0 Å². The highest BCUT2D eigenvalue weighted by molar-refractivity contribution is 6.09. The quantitative estimate of drug-likeness (QED) is 0.176. The molecule has 0 aliphatic heterocycles. The SMILES string of the molecule is CC1=CC2C(C=C1)C1C=CC(C(C)(C)C)=CC1C21c2ccccc2-c2ccc(N(c3ccccc3)c3ccc(-n4c5ccccc5c5ccccc54)cc3)cc21. The van der Waals surface area contributed by atoms with Crippen LogP contribution >= 0.6 is 0 Å². The number of anilines is 3. The van der Waals surface area contributed by atoms with E-state index in [0.717, 1.165) is 17.1 Å². The van der Waals surface area contributed by atoms with E-state index in [1.807, 2.05) is 0 Å². The van der Waals surface area contributed by atoms with Gasteiger partial charge >= 0.3 is 0 Å². The Hall–Kier alpha value is -6.12. The predicted octanol–water partition coefficient (Wildman–Crippen LogP) is 14.1. The normalized spacial score (nSPS) is 23.1. The van der Waals surface area contributed by atoms with Crippen molar-refractivity contribution in [3.63, 3.8) is 0 Å². The fourth-order valence-corrected chi connectivity index (χ4v) is 11.0. The van der Waals surface area contributed by atoms with Crippen molar-refractivity contribution in [2.24, 2.45) is 29.1 Å². The van der Waals surface area contributed by atoms with Crippen LogP contribution in [0.5, 0.6) is 0 Å². The number of hydrogen-bond donors (Lipinski definition) is 0. The lowest BCUT2D eigenvalue weighted by molar-refractivity contribution is 0.363. The molecule has 5 unspecified atom stereocenters. The van der Waals surface area contributed by atoms with Gasteiger partial charge in [-0.15, -0.1) is 0 Å². The minimum atomic E-state index is -0.201. The van der Waals surface area contributed by atoms with Gasteiger partial charge in [0.05, 0.1) is 11.0 Å². The minimum absolute atomic E-state index is 0.0658. The molecule has 272 valence electrons. The minimum Gasteiger partial charge on any atom is -0.310 e. The van der Waals surface area contributed by atoms with Crippen LogP contribution in [0.15, 0.2) is 193 Å². The highest BCUT2D eigenvalue weighted by atomic mass is 15.1.